The van der Waals surface area contributed by atoms with Gasteiger partial charge in [-0.2, -0.15) is 4.98 Å². The van der Waals surface area contributed by atoms with E-state index in [2.05, 4.69) is 9.97 Å². The molecule has 0 saturated carbocycles. The smallest absolute Gasteiger partial charge is 0.300 e. The lowest BCUT2D eigenvalue weighted by Gasteiger charge is -2.34. The second kappa shape index (κ2) is 7.74. The molecule has 2 aliphatic heterocycles. The predicted octanol–water partition coefficient (Wildman–Crippen LogP) is 2.25. The zero-order chi connectivity index (χ0) is 22.4. The third-order valence-corrected chi connectivity index (χ3v) is 6.02. The van der Waals surface area contributed by atoms with Crippen molar-refractivity contribution in [3.63, 3.8) is 0 Å². The number of carbonyl (C=O) groups is 3. The van der Waals surface area contributed by atoms with E-state index in [0.717, 1.165) is 5.69 Å². The molecule has 1 saturated heterocycles. The van der Waals surface area contributed by atoms with E-state index in [1.54, 1.807) is 36.1 Å². The Balaban J connectivity index is 1.20. The number of aryl methyl sites for hydroxylation is 1. The van der Waals surface area contributed by atoms with Crippen molar-refractivity contribution in [2.45, 2.75) is 26.3 Å². The highest BCUT2D eigenvalue weighted by Gasteiger charge is 2.39. The van der Waals surface area contributed by atoms with Gasteiger partial charge in [0.25, 0.3) is 17.8 Å². The highest BCUT2D eigenvalue weighted by atomic mass is 16.4. The number of carbonyl (C=O) groups excluding carboxylic acids is 3. The van der Waals surface area contributed by atoms with E-state index in [9.17, 15) is 14.4 Å². The Morgan fingerprint density at radius 2 is 1.66 bits per heavy atom. The fraction of sp³-hybridized carbons (Fsp3) is 0.348. The first kappa shape index (κ1) is 20.2. The molecular formula is C23H23N5O4. The van der Waals surface area contributed by atoms with Crippen LogP contribution in [0.25, 0.3) is 11.2 Å². The van der Waals surface area contributed by atoms with Gasteiger partial charge in [-0.1, -0.05) is 12.1 Å². The molecule has 164 valence electrons. The van der Waals surface area contributed by atoms with Crippen molar-refractivity contribution in [1.82, 2.24) is 19.8 Å². The molecule has 5 rings (SSSR count). The van der Waals surface area contributed by atoms with Gasteiger partial charge >= 0.3 is 0 Å². The number of hydrogen-bond acceptors (Lipinski definition) is 7. The number of piperazine rings is 1. The number of fused-ring (bicyclic) bond motifs is 2. The summed E-state index contributed by atoms with van der Waals surface area (Å²) in [5, 5.41) is 0. The molecule has 0 bridgehead atoms. The van der Waals surface area contributed by atoms with Crippen molar-refractivity contribution >= 4 is 35.0 Å². The van der Waals surface area contributed by atoms with Gasteiger partial charge in [0.15, 0.2) is 5.58 Å². The van der Waals surface area contributed by atoms with E-state index < -0.39 is 6.04 Å². The van der Waals surface area contributed by atoms with Crippen LogP contribution in [-0.2, 0) is 4.79 Å². The van der Waals surface area contributed by atoms with Crippen molar-refractivity contribution in [2.75, 3.05) is 31.1 Å². The lowest BCUT2D eigenvalue weighted by Crippen LogP contribution is -2.50. The summed E-state index contributed by atoms with van der Waals surface area (Å²) >= 11 is 0. The first-order valence-electron chi connectivity index (χ1n) is 10.7. The van der Waals surface area contributed by atoms with E-state index in [0.29, 0.717) is 54.6 Å². The highest BCUT2D eigenvalue weighted by molar-refractivity contribution is 6.21. The minimum absolute atomic E-state index is 0.0800. The number of nitrogens with zero attached hydrogens (tertiary/aromatic N) is 5. The van der Waals surface area contributed by atoms with Gasteiger partial charge in [-0.3, -0.25) is 19.3 Å². The van der Waals surface area contributed by atoms with Gasteiger partial charge in [0.05, 0.1) is 11.1 Å². The second-order valence-electron chi connectivity index (χ2n) is 8.22. The van der Waals surface area contributed by atoms with Crippen LogP contribution in [0.1, 0.15) is 39.8 Å². The van der Waals surface area contributed by atoms with Crippen LogP contribution in [0.4, 0.5) is 6.01 Å². The monoisotopic (exact) mass is 433 g/mol. The molecule has 0 aliphatic carbocycles. The standard InChI is InChI=1S/C23H23N5O4/c1-14-7-8-18-20(24-14)25-23(32-18)27-11-9-26(10-12-27)19(29)13-15(2)28-21(30)16-5-3-4-6-17(16)22(28)31/h3-8,15H,9-13H2,1-2H3/t15-/m1/s1. The quantitative estimate of drug-likeness (QED) is 0.582. The van der Waals surface area contributed by atoms with Gasteiger partial charge in [-0.05, 0) is 38.1 Å². The molecule has 9 heteroatoms. The van der Waals surface area contributed by atoms with Crippen molar-refractivity contribution in [3.05, 3.63) is 53.2 Å². The number of oxazole rings is 1. The highest BCUT2D eigenvalue weighted by Crippen LogP contribution is 2.26. The summed E-state index contributed by atoms with van der Waals surface area (Å²) in [4.78, 5) is 52.0. The maximum atomic E-state index is 12.9. The Labute approximate surface area is 184 Å². The fourth-order valence-electron chi connectivity index (χ4n) is 4.27. The van der Waals surface area contributed by atoms with E-state index in [1.807, 2.05) is 24.0 Å². The summed E-state index contributed by atoms with van der Waals surface area (Å²) < 4.78 is 5.81. The van der Waals surface area contributed by atoms with E-state index in [-0.39, 0.29) is 24.1 Å². The van der Waals surface area contributed by atoms with E-state index in [1.165, 1.54) is 4.90 Å². The molecule has 4 heterocycles. The van der Waals surface area contributed by atoms with Gasteiger partial charge in [-0.15, -0.1) is 0 Å². The topological polar surface area (TPSA) is 99.9 Å². The average molecular weight is 433 g/mol. The molecule has 3 amide bonds. The summed E-state index contributed by atoms with van der Waals surface area (Å²) in [5.41, 5.74) is 2.88. The average Bonchev–Trinajstić information content (AvgIpc) is 3.32. The van der Waals surface area contributed by atoms with Crippen molar-refractivity contribution in [1.29, 1.82) is 0 Å². The first-order chi connectivity index (χ1) is 15.4. The SMILES string of the molecule is Cc1ccc2oc(N3CCN(C(=O)C[C@@H](C)N4C(=O)c5ccccc5C4=O)CC3)nc2n1. The van der Waals surface area contributed by atoms with Crippen LogP contribution in [-0.4, -0.2) is 69.7 Å². The van der Waals surface area contributed by atoms with Crippen molar-refractivity contribution < 1.29 is 18.8 Å². The Bertz CT molecular complexity index is 1190. The molecule has 32 heavy (non-hydrogen) atoms. The van der Waals surface area contributed by atoms with Crippen LogP contribution in [0, 0.1) is 6.92 Å². The predicted molar refractivity (Wildman–Crippen MR) is 116 cm³/mol. The zero-order valence-electron chi connectivity index (χ0n) is 17.9. The fourth-order valence-corrected chi connectivity index (χ4v) is 4.27. The van der Waals surface area contributed by atoms with E-state index >= 15 is 0 Å². The van der Waals surface area contributed by atoms with E-state index in [4.69, 9.17) is 4.42 Å². The zero-order valence-corrected chi connectivity index (χ0v) is 17.9. The minimum Gasteiger partial charge on any atom is -0.422 e. The molecule has 0 radical (unpaired) electrons. The first-order valence-corrected chi connectivity index (χ1v) is 10.7. The van der Waals surface area contributed by atoms with Gasteiger partial charge in [0.1, 0.15) is 0 Å². The molecule has 1 aromatic carbocycles. The molecule has 3 aromatic rings. The third-order valence-electron chi connectivity index (χ3n) is 6.02. The molecule has 0 N–H and O–H groups in total. The number of amides is 3. The van der Waals surface area contributed by atoms with Crippen LogP contribution >= 0.6 is 0 Å². The largest absolute Gasteiger partial charge is 0.422 e. The van der Waals surface area contributed by atoms with Crippen LogP contribution in [0.3, 0.4) is 0 Å². The minimum atomic E-state index is -0.515. The number of aromatic nitrogens is 2. The summed E-state index contributed by atoms with van der Waals surface area (Å²) in [5.74, 6) is -0.755. The molecule has 2 aliphatic rings. The molecule has 9 nitrogen and oxygen atoms in total. The van der Waals surface area contributed by atoms with Gasteiger partial charge in [-0.25, -0.2) is 4.98 Å². The summed E-state index contributed by atoms with van der Waals surface area (Å²) in [6, 6.07) is 10.5. The Morgan fingerprint density at radius 3 is 2.31 bits per heavy atom. The summed E-state index contributed by atoms with van der Waals surface area (Å²) in [6.45, 7) is 5.83. The summed E-state index contributed by atoms with van der Waals surface area (Å²) in [6.07, 6.45) is 0.0948. The molecule has 1 fully saturated rings. The van der Waals surface area contributed by atoms with Crippen LogP contribution in [0.15, 0.2) is 40.8 Å². The normalized spacial score (nSPS) is 17.2. The van der Waals surface area contributed by atoms with Gasteiger partial charge < -0.3 is 14.2 Å². The number of pyridine rings is 1. The Morgan fingerprint density at radius 1 is 1.00 bits per heavy atom. The number of hydrogen-bond donors (Lipinski definition) is 0. The molecule has 0 unspecified atom stereocenters. The maximum Gasteiger partial charge on any atom is 0.300 e. The van der Waals surface area contributed by atoms with Crippen LogP contribution < -0.4 is 4.90 Å². The lowest BCUT2D eigenvalue weighted by atomic mass is 10.1. The maximum absolute atomic E-state index is 12.9. The van der Waals surface area contributed by atoms with Crippen molar-refractivity contribution in [2.24, 2.45) is 0 Å². The molecule has 2 aromatic heterocycles. The number of imide groups is 1. The lowest BCUT2D eigenvalue weighted by molar-refractivity contribution is -0.132. The van der Waals surface area contributed by atoms with Crippen LogP contribution in [0.2, 0.25) is 0 Å². The number of anilines is 1. The van der Waals surface area contributed by atoms with Crippen molar-refractivity contribution in [3.8, 4) is 0 Å². The second-order valence-corrected chi connectivity index (χ2v) is 8.22. The Hall–Kier alpha value is -3.75. The Kier molecular flexibility index (Phi) is 4.88. The summed E-state index contributed by atoms with van der Waals surface area (Å²) in [7, 11) is 0. The van der Waals surface area contributed by atoms with Gasteiger partial charge in [0, 0.05) is 44.3 Å². The third kappa shape index (κ3) is 3.39. The number of benzene rings is 1. The van der Waals surface area contributed by atoms with Crippen LogP contribution in [0.5, 0.6) is 0 Å². The number of rotatable bonds is 4. The molecular weight excluding hydrogens is 410 g/mol. The molecule has 1 atom stereocenters. The molecule has 0 spiro atoms. The van der Waals surface area contributed by atoms with Gasteiger partial charge in [0.2, 0.25) is 11.6 Å².